The van der Waals surface area contributed by atoms with E-state index >= 15 is 8.78 Å². The number of hydrogen-bond donors (Lipinski definition) is 2. The molecule has 226 valence electrons. The topological polar surface area (TPSA) is 105 Å². The summed E-state index contributed by atoms with van der Waals surface area (Å²) in [5.74, 6) is -1.97. The van der Waals surface area contributed by atoms with Crippen LogP contribution in [0.25, 0.3) is 28.0 Å². The number of aryl methyl sites for hydroxylation is 1. The van der Waals surface area contributed by atoms with Gasteiger partial charge in [-0.15, -0.1) is 0 Å². The molecule has 0 fully saturated rings. The zero-order valence-electron chi connectivity index (χ0n) is 24.8. The largest absolute Gasteiger partial charge is 0.354 e. The predicted octanol–water partition coefficient (Wildman–Crippen LogP) is 5.83. The second-order valence-electron chi connectivity index (χ2n) is 10.2. The summed E-state index contributed by atoms with van der Waals surface area (Å²) in [5, 5.41) is 6.44. The number of carbonyl (C=O) groups is 1. The summed E-state index contributed by atoms with van der Waals surface area (Å²) in [6, 6.07) is 14.8. The van der Waals surface area contributed by atoms with E-state index in [0.717, 1.165) is 48.3 Å². The number of anilines is 2. The third-order valence-corrected chi connectivity index (χ3v) is 7.41. The fourth-order valence-corrected chi connectivity index (χ4v) is 5.02. The van der Waals surface area contributed by atoms with E-state index in [-0.39, 0.29) is 17.5 Å². The van der Waals surface area contributed by atoms with Gasteiger partial charge in [0.15, 0.2) is 5.65 Å². The van der Waals surface area contributed by atoms with Gasteiger partial charge >= 0.3 is 0 Å². The molecule has 0 saturated carbocycles. The molecule has 2 aromatic carbocycles. The van der Waals surface area contributed by atoms with Gasteiger partial charge in [0.2, 0.25) is 5.95 Å². The van der Waals surface area contributed by atoms with Crippen molar-refractivity contribution in [3.05, 3.63) is 106 Å². The van der Waals surface area contributed by atoms with E-state index < -0.39 is 22.9 Å². The number of amides is 1. The number of fused-ring (bicyclic) bond motifs is 1. The fraction of sp³-hybridized carbons (Fsp3) is 0.242. The molecule has 0 unspecified atom stereocenters. The summed E-state index contributed by atoms with van der Waals surface area (Å²) in [4.78, 5) is 42.0. The Bertz CT molecular complexity index is 1840. The quantitative estimate of drug-likeness (QED) is 0.185. The van der Waals surface area contributed by atoms with E-state index in [1.807, 2.05) is 6.92 Å². The molecule has 0 saturated heterocycles. The Morgan fingerprint density at radius 1 is 0.977 bits per heavy atom. The first-order valence-electron chi connectivity index (χ1n) is 14.5. The number of carbonyl (C=O) groups excluding carboxylic acids is 1. The van der Waals surface area contributed by atoms with Crippen LogP contribution in [0, 0.1) is 18.6 Å². The van der Waals surface area contributed by atoms with E-state index in [1.165, 1.54) is 18.2 Å². The van der Waals surface area contributed by atoms with E-state index in [1.54, 1.807) is 42.7 Å². The van der Waals surface area contributed by atoms with Crippen molar-refractivity contribution in [2.24, 2.45) is 0 Å². The van der Waals surface area contributed by atoms with Crippen LogP contribution in [0.1, 0.15) is 36.2 Å². The number of para-hydroxylation sites is 1. The lowest BCUT2D eigenvalue weighted by Crippen LogP contribution is -2.25. The molecule has 9 nitrogen and oxygen atoms in total. The summed E-state index contributed by atoms with van der Waals surface area (Å²) in [6.45, 7) is 9.32. The highest BCUT2D eigenvalue weighted by molar-refractivity contribution is 6.05. The molecule has 5 rings (SSSR count). The number of halogens is 2. The molecule has 0 radical (unpaired) electrons. The molecule has 0 aliphatic carbocycles. The van der Waals surface area contributed by atoms with Crippen LogP contribution in [-0.4, -0.2) is 56.5 Å². The van der Waals surface area contributed by atoms with E-state index in [2.05, 4.69) is 39.3 Å². The Labute approximate surface area is 253 Å². The van der Waals surface area contributed by atoms with E-state index in [4.69, 9.17) is 4.98 Å². The number of benzene rings is 2. The molecule has 0 atom stereocenters. The lowest BCUT2D eigenvalue weighted by molar-refractivity contribution is 0.102. The highest BCUT2D eigenvalue weighted by Gasteiger charge is 2.21. The third kappa shape index (κ3) is 6.47. The predicted molar refractivity (Wildman–Crippen MR) is 168 cm³/mol. The van der Waals surface area contributed by atoms with E-state index in [0.29, 0.717) is 34.4 Å². The Balaban J connectivity index is 1.65. The summed E-state index contributed by atoms with van der Waals surface area (Å²) < 4.78 is 31.0. The maximum absolute atomic E-state index is 15.0. The first-order chi connectivity index (χ1) is 21.3. The van der Waals surface area contributed by atoms with Crippen LogP contribution < -0.4 is 16.2 Å². The first-order valence-corrected chi connectivity index (χ1v) is 14.5. The number of aromatic nitrogens is 4. The fourth-order valence-electron chi connectivity index (χ4n) is 5.02. The van der Waals surface area contributed by atoms with Crippen molar-refractivity contribution in [1.82, 2.24) is 24.4 Å². The average molecular weight is 598 g/mol. The molecule has 3 heterocycles. The summed E-state index contributed by atoms with van der Waals surface area (Å²) in [7, 11) is 0. The van der Waals surface area contributed by atoms with Crippen molar-refractivity contribution in [1.29, 1.82) is 0 Å². The molecule has 0 spiro atoms. The Morgan fingerprint density at radius 3 is 2.45 bits per heavy atom. The van der Waals surface area contributed by atoms with Gasteiger partial charge in [0.25, 0.3) is 11.5 Å². The Kier molecular flexibility index (Phi) is 9.35. The highest BCUT2D eigenvalue weighted by Crippen LogP contribution is 2.32. The number of nitrogens with zero attached hydrogens (tertiary/aromatic N) is 5. The van der Waals surface area contributed by atoms with Crippen LogP contribution in [0.2, 0.25) is 0 Å². The standard InChI is InChI=1S/C33H33F2N7O2/c1-4-41(5-2)18-8-17-37-33-39-29(25-19-22(13-12-21(25)3)32(44)38-23-9-7-16-36-20-23)24-14-15-28(43)42(31(24)40-33)30-26(34)10-6-11-27(30)35/h6-7,9-16,19-20H,4-5,8,17-18H2,1-3H3,(H,38,44)(H,37,39,40). The maximum Gasteiger partial charge on any atom is 0.256 e. The van der Waals surface area contributed by atoms with Gasteiger partial charge < -0.3 is 15.5 Å². The first kappa shape index (κ1) is 30.4. The Morgan fingerprint density at radius 2 is 1.75 bits per heavy atom. The lowest BCUT2D eigenvalue weighted by atomic mass is 9.99. The SMILES string of the molecule is CCN(CC)CCCNc1nc(-c2cc(C(=O)Nc3cccnc3)ccc2C)c2ccc(=O)n(-c3c(F)cccc3F)c2n1. The second kappa shape index (κ2) is 13.5. The normalized spacial score (nSPS) is 11.2. The zero-order valence-corrected chi connectivity index (χ0v) is 24.8. The van der Waals surface area contributed by atoms with Gasteiger partial charge in [-0.1, -0.05) is 26.0 Å². The average Bonchev–Trinajstić information content (AvgIpc) is 3.02. The Hall–Kier alpha value is -5.03. The summed E-state index contributed by atoms with van der Waals surface area (Å²) in [6.07, 6.45) is 3.96. The maximum atomic E-state index is 15.0. The van der Waals surface area contributed by atoms with Crippen molar-refractivity contribution >= 4 is 28.6 Å². The van der Waals surface area contributed by atoms with Crippen LogP contribution in [0.4, 0.5) is 20.4 Å². The molecule has 0 aliphatic rings. The van der Waals surface area contributed by atoms with Crippen molar-refractivity contribution in [2.45, 2.75) is 27.2 Å². The molecule has 3 aromatic heterocycles. The van der Waals surface area contributed by atoms with Crippen molar-refractivity contribution in [3.63, 3.8) is 0 Å². The molecule has 5 aromatic rings. The molecule has 2 N–H and O–H groups in total. The minimum atomic E-state index is -0.904. The third-order valence-electron chi connectivity index (χ3n) is 7.41. The number of hydrogen-bond acceptors (Lipinski definition) is 7. The monoisotopic (exact) mass is 597 g/mol. The van der Waals surface area contributed by atoms with Gasteiger partial charge in [0.05, 0.1) is 17.6 Å². The minimum absolute atomic E-state index is 0.0300. The van der Waals surface area contributed by atoms with Gasteiger partial charge in [-0.3, -0.25) is 19.1 Å². The van der Waals surface area contributed by atoms with Crippen LogP contribution in [0.15, 0.2) is 77.9 Å². The summed E-state index contributed by atoms with van der Waals surface area (Å²) >= 11 is 0. The van der Waals surface area contributed by atoms with Crippen molar-refractivity contribution in [3.8, 4) is 16.9 Å². The number of pyridine rings is 2. The van der Waals surface area contributed by atoms with Gasteiger partial charge in [-0.05, 0) is 81.0 Å². The molecule has 0 aliphatic heterocycles. The number of rotatable bonds is 11. The lowest BCUT2D eigenvalue weighted by Gasteiger charge is -2.18. The molecular weight excluding hydrogens is 564 g/mol. The van der Waals surface area contributed by atoms with Crippen LogP contribution in [0.3, 0.4) is 0 Å². The van der Waals surface area contributed by atoms with Crippen LogP contribution in [-0.2, 0) is 0 Å². The van der Waals surface area contributed by atoms with Crippen LogP contribution >= 0.6 is 0 Å². The van der Waals surface area contributed by atoms with Crippen molar-refractivity contribution in [2.75, 3.05) is 36.8 Å². The number of nitrogens with one attached hydrogen (secondary N) is 2. The van der Waals surface area contributed by atoms with Crippen LogP contribution in [0.5, 0.6) is 0 Å². The summed E-state index contributed by atoms with van der Waals surface area (Å²) in [5.41, 5.74) is 1.55. The second-order valence-corrected chi connectivity index (χ2v) is 10.2. The smallest absolute Gasteiger partial charge is 0.256 e. The van der Waals surface area contributed by atoms with Gasteiger partial charge in [0, 0.05) is 35.3 Å². The molecule has 44 heavy (non-hydrogen) atoms. The molecule has 11 heteroatoms. The molecular formula is C33H33F2N7O2. The van der Waals surface area contributed by atoms with Gasteiger partial charge in [-0.25, -0.2) is 13.8 Å². The molecule has 0 bridgehead atoms. The van der Waals surface area contributed by atoms with Gasteiger partial charge in [-0.2, -0.15) is 4.98 Å². The molecule has 1 amide bonds. The zero-order chi connectivity index (χ0) is 31.2. The minimum Gasteiger partial charge on any atom is -0.354 e. The van der Waals surface area contributed by atoms with E-state index in [9.17, 15) is 9.59 Å². The van der Waals surface area contributed by atoms with Crippen molar-refractivity contribution < 1.29 is 13.6 Å². The van der Waals surface area contributed by atoms with Gasteiger partial charge in [0.1, 0.15) is 17.3 Å². The highest BCUT2D eigenvalue weighted by atomic mass is 19.1.